The number of allylic oxidation sites excluding steroid dienone is 3. The molecule has 6 rings (SSSR count). The highest BCUT2D eigenvalue weighted by molar-refractivity contribution is 6.04. The van der Waals surface area contributed by atoms with E-state index in [9.17, 15) is 9.59 Å². The molecule has 0 radical (unpaired) electrons. The molecule has 0 saturated heterocycles. The number of fused-ring (bicyclic) bond motifs is 2. The Morgan fingerprint density at radius 1 is 1.05 bits per heavy atom. The normalized spacial score (nSPS) is 26.1. The zero-order valence-electron chi connectivity index (χ0n) is 25.5. The number of aromatic nitrogens is 2. The van der Waals surface area contributed by atoms with Crippen molar-refractivity contribution in [3.63, 3.8) is 0 Å². The van der Waals surface area contributed by atoms with Gasteiger partial charge in [0.05, 0.1) is 11.8 Å². The van der Waals surface area contributed by atoms with E-state index in [1.54, 1.807) is 4.68 Å². The molecule has 2 aromatic rings. The number of hydrogen-bond donors (Lipinski definition) is 0. The lowest BCUT2D eigenvalue weighted by molar-refractivity contribution is -0.123. The summed E-state index contributed by atoms with van der Waals surface area (Å²) in [7, 11) is 6.20. The summed E-state index contributed by atoms with van der Waals surface area (Å²) in [6, 6.07) is 0.580. The van der Waals surface area contributed by atoms with Crippen molar-refractivity contribution in [1.82, 2.24) is 19.6 Å². The SMILES string of the molecule is CC1=CC(C)=C(CN2CCc3c(c(C)c4c(c3-c3cnn(C)c3)O[C@@](C)(C3CCC(N(C)C)CC3)O4)C2=O)C(=O)C1. The maximum atomic E-state index is 14.2. The largest absolute Gasteiger partial charge is 0.448 e. The third-order valence-corrected chi connectivity index (χ3v) is 9.72. The van der Waals surface area contributed by atoms with E-state index in [-0.39, 0.29) is 17.6 Å². The Labute approximate surface area is 243 Å². The topological polar surface area (TPSA) is 76.9 Å². The van der Waals surface area contributed by atoms with Crippen LogP contribution in [0, 0.1) is 12.8 Å². The lowest BCUT2D eigenvalue weighted by Crippen LogP contribution is -2.46. The second kappa shape index (κ2) is 10.2. The smallest absolute Gasteiger partial charge is 0.254 e. The number of benzene rings is 1. The standard InChI is InChI=1S/C33H42N4O4/c1-19-14-20(2)26(27(38)15-19)18-37-13-12-25-28(32(37)39)21(3)30-31(29(25)22-16-34-36(7)17-22)41-33(4,40-30)23-8-10-24(11-9-23)35(5)6/h14,16-17,23-24H,8-13,15,18H2,1-7H3/t23?,24?,33-/m0/s1. The number of ketones is 1. The van der Waals surface area contributed by atoms with E-state index in [2.05, 4.69) is 37.1 Å². The van der Waals surface area contributed by atoms with Gasteiger partial charge in [0.1, 0.15) is 0 Å². The number of carbonyl (C=O) groups is 2. The fourth-order valence-corrected chi connectivity index (χ4v) is 7.36. The van der Waals surface area contributed by atoms with Crippen LogP contribution in [0.25, 0.3) is 11.1 Å². The molecule has 0 spiro atoms. The molecule has 1 aromatic heterocycles. The molecule has 0 bridgehead atoms. The van der Waals surface area contributed by atoms with Crippen LogP contribution in [0.5, 0.6) is 11.5 Å². The van der Waals surface area contributed by atoms with Gasteiger partial charge in [-0.2, -0.15) is 5.10 Å². The quantitative estimate of drug-likeness (QED) is 0.500. The van der Waals surface area contributed by atoms with E-state index in [4.69, 9.17) is 9.47 Å². The minimum absolute atomic E-state index is 0.0558. The first-order chi connectivity index (χ1) is 19.5. The Morgan fingerprint density at radius 3 is 2.39 bits per heavy atom. The predicted molar refractivity (Wildman–Crippen MR) is 158 cm³/mol. The fourth-order valence-electron chi connectivity index (χ4n) is 7.36. The summed E-state index contributed by atoms with van der Waals surface area (Å²) in [5, 5.41) is 4.45. The lowest BCUT2D eigenvalue weighted by atomic mass is 9.81. The van der Waals surface area contributed by atoms with Crippen molar-refractivity contribution in [1.29, 1.82) is 0 Å². The van der Waals surface area contributed by atoms with Crippen molar-refractivity contribution in [2.75, 3.05) is 27.2 Å². The van der Waals surface area contributed by atoms with Gasteiger partial charge in [-0.05, 0) is 78.1 Å². The van der Waals surface area contributed by atoms with Crippen molar-refractivity contribution < 1.29 is 19.1 Å². The van der Waals surface area contributed by atoms with Crippen LogP contribution in [-0.4, -0.2) is 70.3 Å². The van der Waals surface area contributed by atoms with Gasteiger partial charge in [0.2, 0.25) is 0 Å². The van der Waals surface area contributed by atoms with Gasteiger partial charge in [-0.1, -0.05) is 11.6 Å². The van der Waals surface area contributed by atoms with Crippen molar-refractivity contribution in [3.8, 4) is 22.6 Å². The van der Waals surface area contributed by atoms with Crippen molar-refractivity contribution in [2.24, 2.45) is 13.0 Å². The minimum Gasteiger partial charge on any atom is -0.448 e. The zero-order valence-corrected chi connectivity index (χ0v) is 25.5. The summed E-state index contributed by atoms with van der Waals surface area (Å²) < 4.78 is 15.4. The number of ether oxygens (including phenoxy) is 2. The van der Waals surface area contributed by atoms with Crippen molar-refractivity contribution in [2.45, 2.75) is 78.0 Å². The van der Waals surface area contributed by atoms with Crippen LogP contribution in [0.15, 0.2) is 35.2 Å². The monoisotopic (exact) mass is 558 g/mol. The summed E-state index contributed by atoms with van der Waals surface area (Å²) in [5.74, 6) is 0.903. The third-order valence-electron chi connectivity index (χ3n) is 9.72. The molecule has 218 valence electrons. The molecule has 3 heterocycles. The number of hydrogen-bond acceptors (Lipinski definition) is 6. The molecule has 8 nitrogen and oxygen atoms in total. The molecule has 2 aliphatic carbocycles. The van der Waals surface area contributed by atoms with Gasteiger partial charge in [-0.15, -0.1) is 0 Å². The Kier molecular flexibility index (Phi) is 6.88. The Hall–Kier alpha value is -3.39. The van der Waals surface area contributed by atoms with Gasteiger partial charge in [-0.25, -0.2) is 0 Å². The van der Waals surface area contributed by atoms with Crippen LogP contribution in [0.2, 0.25) is 0 Å². The molecule has 0 N–H and O–H groups in total. The molecule has 1 amide bonds. The van der Waals surface area contributed by atoms with Gasteiger partial charge >= 0.3 is 0 Å². The number of aryl methyl sites for hydroxylation is 1. The Balaban J connectivity index is 1.39. The molecule has 2 aliphatic heterocycles. The highest BCUT2D eigenvalue weighted by atomic mass is 16.7. The molecule has 1 saturated carbocycles. The van der Waals surface area contributed by atoms with Crippen LogP contribution in [0.3, 0.4) is 0 Å². The summed E-state index contributed by atoms with van der Waals surface area (Å²) in [6.07, 6.45) is 11.2. The summed E-state index contributed by atoms with van der Waals surface area (Å²) in [4.78, 5) is 31.2. The Bertz CT molecular complexity index is 1490. The first-order valence-electron chi connectivity index (χ1n) is 14.9. The number of nitrogens with zero attached hydrogens (tertiary/aromatic N) is 4. The number of rotatable bonds is 5. The first kappa shape index (κ1) is 27.8. The molecule has 0 unspecified atom stereocenters. The van der Waals surface area contributed by atoms with Crippen LogP contribution < -0.4 is 9.47 Å². The molecule has 8 heteroatoms. The summed E-state index contributed by atoms with van der Waals surface area (Å²) >= 11 is 0. The first-order valence-corrected chi connectivity index (χ1v) is 14.9. The van der Waals surface area contributed by atoms with E-state index in [1.807, 2.05) is 45.1 Å². The third kappa shape index (κ3) is 4.70. The molecular weight excluding hydrogens is 516 g/mol. The van der Waals surface area contributed by atoms with Gasteiger partial charge in [0, 0.05) is 73.9 Å². The predicted octanol–water partition coefficient (Wildman–Crippen LogP) is 5.24. The van der Waals surface area contributed by atoms with Crippen molar-refractivity contribution >= 4 is 11.7 Å². The van der Waals surface area contributed by atoms with E-state index >= 15 is 0 Å². The summed E-state index contributed by atoms with van der Waals surface area (Å²) in [5.41, 5.74) is 7.06. The molecule has 4 aliphatic rings. The molecule has 1 atom stereocenters. The second-order valence-corrected chi connectivity index (χ2v) is 12.8. The van der Waals surface area contributed by atoms with E-state index < -0.39 is 5.79 Å². The maximum Gasteiger partial charge on any atom is 0.254 e. The van der Waals surface area contributed by atoms with Gasteiger partial charge in [0.25, 0.3) is 11.7 Å². The average molecular weight is 559 g/mol. The fraction of sp³-hybridized carbons (Fsp3) is 0.545. The van der Waals surface area contributed by atoms with Crippen LogP contribution in [0.1, 0.15) is 74.4 Å². The summed E-state index contributed by atoms with van der Waals surface area (Å²) in [6.45, 7) is 8.86. The zero-order chi connectivity index (χ0) is 29.2. The average Bonchev–Trinajstić information content (AvgIpc) is 3.51. The molecule has 41 heavy (non-hydrogen) atoms. The number of Topliss-reactive ketones (excluding diaryl/α,β-unsaturated/α-hetero) is 1. The Morgan fingerprint density at radius 2 is 1.76 bits per heavy atom. The number of amides is 1. The molecular formula is C33H42N4O4. The number of carbonyl (C=O) groups excluding carboxylic acids is 2. The minimum atomic E-state index is -0.797. The van der Waals surface area contributed by atoms with E-state index in [0.29, 0.717) is 43.3 Å². The van der Waals surface area contributed by atoms with Gasteiger partial charge < -0.3 is 19.3 Å². The van der Waals surface area contributed by atoms with Crippen LogP contribution in [0.4, 0.5) is 0 Å². The van der Waals surface area contributed by atoms with E-state index in [1.165, 1.54) is 0 Å². The lowest BCUT2D eigenvalue weighted by Gasteiger charge is -2.39. The second-order valence-electron chi connectivity index (χ2n) is 12.8. The van der Waals surface area contributed by atoms with Crippen molar-refractivity contribution in [3.05, 3.63) is 51.9 Å². The van der Waals surface area contributed by atoms with Gasteiger partial charge in [0.15, 0.2) is 17.3 Å². The van der Waals surface area contributed by atoms with E-state index in [0.717, 1.165) is 70.4 Å². The molecule has 1 aromatic carbocycles. The van der Waals surface area contributed by atoms with Crippen LogP contribution >= 0.6 is 0 Å². The van der Waals surface area contributed by atoms with Crippen LogP contribution in [-0.2, 0) is 18.3 Å². The molecule has 1 fully saturated rings. The highest BCUT2D eigenvalue weighted by Crippen LogP contribution is 2.55. The maximum absolute atomic E-state index is 14.2. The highest BCUT2D eigenvalue weighted by Gasteiger charge is 2.49. The van der Waals surface area contributed by atoms with Gasteiger partial charge in [-0.3, -0.25) is 14.3 Å².